The minimum absolute atomic E-state index is 0.0321. The van der Waals surface area contributed by atoms with Crippen molar-refractivity contribution in [3.63, 3.8) is 0 Å². The third kappa shape index (κ3) is 5.40. The van der Waals surface area contributed by atoms with E-state index in [0.717, 1.165) is 5.75 Å². The molecular formula is C11H20N2O4S2. The molecule has 0 aliphatic carbocycles. The molecule has 2 amide bonds. The Morgan fingerprint density at radius 3 is 2.84 bits per heavy atom. The van der Waals surface area contributed by atoms with Gasteiger partial charge in [0.1, 0.15) is 0 Å². The van der Waals surface area contributed by atoms with Gasteiger partial charge in [-0.05, 0) is 6.92 Å². The average molecular weight is 308 g/mol. The lowest BCUT2D eigenvalue weighted by Crippen LogP contribution is -2.52. The summed E-state index contributed by atoms with van der Waals surface area (Å²) >= 11 is 1.66. The van der Waals surface area contributed by atoms with Crippen LogP contribution in [0.25, 0.3) is 0 Å². The van der Waals surface area contributed by atoms with Crippen molar-refractivity contribution in [2.75, 3.05) is 30.9 Å². The minimum atomic E-state index is -0.981. The van der Waals surface area contributed by atoms with E-state index in [1.54, 1.807) is 29.8 Å². The van der Waals surface area contributed by atoms with Gasteiger partial charge in [0.25, 0.3) is 0 Å². The second-order valence-electron chi connectivity index (χ2n) is 4.52. The van der Waals surface area contributed by atoms with Crippen LogP contribution in [0.3, 0.4) is 0 Å². The molecule has 0 aromatic heterocycles. The molecule has 1 rings (SSSR count). The SMILES string of the molecule is CC(CNC(=O)N1CCSCC1CC(=O)O)S(C)=O. The first kappa shape index (κ1) is 16.3. The molecule has 0 spiro atoms. The van der Waals surface area contributed by atoms with E-state index in [4.69, 9.17) is 5.11 Å². The maximum absolute atomic E-state index is 12.0. The van der Waals surface area contributed by atoms with E-state index < -0.39 is 16.8 Å². The van der Waals surface area contributed by atoms with E-state index >= 15 is 0 Å². The van der Waals surface area contributed by atoms with Gasteiger partial charge < -0.3 is 15.3 Å². The molecule has 0 aromatic rings. The summed E-state index contributed by atoms with van der Waals surface area (Å²) in [7, 11) is -0.981. The predicted octanol–water partition coefficient (Wildman–Crippen LogP) is 0.355. The number of urea groups is 1. The lowest BCUT2D eigenvalue weighted by atomic mass is 10.2. The largest absolute Gasteiger partial charge is 0.481 e. The van der Waals surface area contributed by atoms with Crippen LogP contribution in [0.2, 0.25) is 0 Å². The summed E-state index contributed by atoms with van der Waals surface area (Å²) in [5.41, 5.74) is 0. The zero-order valence-electron chi connectivity index (χ0n) is 11.1. The number of hydrogen-bond donors (Lipinski definition) is 2. The summed E-state index contributed by atoms with van der Waals surface area (Å²) < 4.78 is 11.2. The zero-order chi connectivity index (χ0) is 14.4. The molecule has 0 radical (unpaired) electrons. The highest BCUT2D eigenvalue weighted by molar-refractivity contribution is 7.99. The van der Waals surface area contributed by atoms with E-state index in [0.29, 0.717) is 18.8 Å². The van der Waals surface area contributed by atoms with Crippen molar-refractivity contribution in [2.45, 2.75) is 24.6 Å². The molecular weight excluding hydrogens is 288 g/mol. The number of aliphatic carboxylic acids is 1. The molecule has 1 fully saturated rings. The monoisotopic (exact) mass is 308 g/mol. The molecule has 2 N–H and O–H groups in total. The second kappa shape index (κ2) is 7.74. The maximum Gasteiger partial charge on any atom is 0.317 e. The summed E-state index contributed by atoms with van der Waals surface area (Å²) in [6.07, 6.45) is 1.57. The average Bonchev–Trinajstić information content (AvgIpc) is 2.35. The molecule has 0 aromatic carbocycles. The maximum atomic E-state index is 12.0. The molecule has 6 nitrogen and oxygen atoms in total. The molecule has 1 saturated heterocycles. The molecule has 0 bridgehead atoms. The Morgan fingerprint density at radius 2 is 2.26 bits per heavy atom. The number of rotatable bonds is 5. The van der Waals surface area contributed by atoms with E-state index in [2.05, 4.69) is 5.32 Å². The van der Waals surface area contributed by atoms with Crippen molar-refractivity contribution >= 4 is 34.6 Å². The Morgan fingerprint density at radius 1 is 1.58 bits per heavy atom. The van der Waals surface area contributed by atoms with Gasteiger partial charge in [-0.25, -0.2) is 4.79 Å². The topological polar surface area (TPSA) is 86.7 Å². The van der Waals surface area contributed by atoms with Crippen LogP contribution in [-0.2, 0) is 15.6 Å². The fourth-order valence-electron chi connectivity index (χ4n) is 1.74. The minimum Gasteiger partial charge on any atom is -0.481 e. The lowest BCUT2D eigenvalue weighted by Gasteiger charge is -2.34. The number of nitrogens with one attached hydrogen (secondary N) is 1. The van der Waals surface area contributed by atoms with Crippen molar-refractivity contribution in [3.05, 3.63) is 0 Å². The first-order chi connectivity index (χ1) is 8.91. The van der Waals surface area contributed by atoms with Crippen LogP contribution in [0.15, 0.2) is 0 Å². The van der Waals surface area contributed by atoms with Gasteiger partial charge in [-0.15, -0.1) is 0 Å². The molecule has 3 unspecified atom stereocenters. The molecule has 1 heterocycles. The first-order valence-electron chi connectivity index (χ1n) is 6.08. The van der Waals surface area contributed by atoms with Gasteiger partial charge >= 0.3 is 12.0 Å². The number of carboxylic acids is 1. The Balaban J connectivity index is 2.52. The van der Waals surface area contributed by atoms with Crippen molar-refractivity contribution in [1.29, 1.82) is 0 Å². The third-order valence-electron chi connectivity index (χ3n) is 3.01. The summed E-state index contributed by atoms with van der Waals surface area (Å²) in [4.78, 5) is 24.4. The summed E-state index contributed by atoms with van der Waals surface area (Å²) in [6.45, 7) is 2.70. The Kier molecular flexibility index (Phi) is 6.64. The molecule has 1 aliphatic rings. The lowest BCUT2D eigenvalue weighted by molar-refractivity contribution is -0.137. The van der Waals surface area contributed by atoms with Gasteiger partial charge in [0.2, 0.25) is 0 Å². The number of thioether (sulfide) groups is 1. The van der Waals surface area contributed by atoms with Gasteiger partial charge in [-0.1, -0.05) is 0 Å². The van der Waals surface area contributed by atoms with Crippen LogP contribution in [-0.4, -0.2) is 68.4 Å². The first-order valence-corrected chi connectivity index (χ1v) is 8.85. The quantitative estimate of drug-likeness (QED) is 0.765. The fourth-order valence-corrected chi connectivity index (χ4v) is 3.12. The van der Waals surface area contributed by atoms with Gasteiger partial charge in [-0.2, -0.15) is 11.8 Å². The third-order valence-corrected chi connectivity index (χ3v) is 5.40. The predicted molar refractivity (Wildman–Crippen MR) is 77.0 cm³/mol. The van der Waals surface area contributed by atoms with Gasteiger partial charge in [0, 0.05) is 46.9 Å². The number of amides is 2. The Bertz CT molecular complexity index is 365. The summed E-state index contributed by atoms with van der Waals surface area (Å²) in [5.74, 6) is 0.571. The van der Waals surface area contributed by atoms with Crippen molar-refractivity contribution in [3.8, 4) is 0 Å². The van der Waals surface area contributed by atoms with Crippen molar-refractivity contribution in [1.82, 2.24) is 10.2 Å². The number of carbonyl (C=O) groups is 2. The summed E-state index contributed by atoms with van der Waals surface area (Å²) in [5, 5.41) is 11.5. The van der Waals surface area contributed by atoms with Crippen molar-refractivity contribution in [2.24, 2.45) is 0 Å². The molecule has 8 heteroatoms. The standard InChI is InChI=1S/C11H20N2O4S2/c1-8(19(2)17)6-12-11(16)13-3-4-18-7-9(13)5-10(14)15/h8-9H,3-7H2,1-2H3,(H,12,16)(H,14,15). The highest BCUT2D eigenvalue weighted by Gasteiger charge is 2.28. The molecule has 0 saturated carbocycles. The number of nitrogens with zero attached hydrogens (tertiary/aromatic N) is 1. The van der Waals surface area contributed by atoms with Gasteiger partial charge in [-0.3, -0.25) is 9.00 Å². The van der Waals surface area contributed by atoms with E-state index in [9.17, 15) is 13.8 Å². The number of hydrogen-bond acceptors (Lipinski definition) is 4. The highest BCUT2D eigenvalue weighted by Crippen LogP contribution is 2.19. The smallest absolute Gasteiger partial charge is 0.317 e. The van der Waals surface area contributed by atoms with Crippen LogP contribution in [0.1, 0.15) is 13.3 Å². The van der Waals surface area contributed by atoms with Crippen LogP contribution < -0.4 is 5.32 Å². The van der Waals surface area contributed by atoms with Crippen molar-refractivity contribution < 1.29 is 18.9 Å². The number of carbonyl (C=O) groups excluding carboxylic acids is 1. The molecule has 1 aliphatic heterocycles. The number of carboxylic acid groups (broad SMARTS) is 1. The molecule has 110 valence electrons. The van der Waals surface area contributed by atoms with Crippen LogP contribution in [0, 0.1) is 0 Å². The molecule has 3 atom stereocenters. The fraction of sp³-hybridized carbons (Fsp3) is 0.818. The van der Waals surface area contributed by atoms with Crippen LogP contribution in [0.5, 0.6) is 0 Å². The highest BCUT2D eigenvalue weighted by atomic mass is 32.2. The summed E-state index contributed by atoms with van der Waals surface area (Å²) in [6, 6.07) is -0.525. The Labute approximate surface area is 119 Å². The van der Waals surface area contributed by atoms with E-state index in [-0.39, 0.29) is 23.7 Å². The van der Waals surface area contributed by atoms with E-state index in [1.165, 1.54) is 0 Å². The second-order valence-corrected chi connectivity index (χ2v) is 7.47. The van der Waals surface area contributed by atoms with Gasteiger partial charge in [0.15, 0.2) is 0 Å². The van der Waals surface area contributed by atoms with Crippen LogP contribution in [0.4, 0.5) is 4.79 Å². The normalized spacial score (nSPS) is 22.6. The van der Waals surface area contributed by atoms with E-state index in [1.807, 2.05) is 0 Å². The van der Waals surface area contributed by atoms with Crippen LogP contribution >= 0.6 is 11.8 Å². The zero-order valence-corrected chi connectivity index (χ0v) is 12.8. The Hall–Kier alpha value is -0.760. The molecule has 19 heavy (non-hydrogen) atoms. The van der Waals surface area contributed by atoms with Gasteiger partial charge in [0.05, 0.1) is 12.5 Å².